The lowest BCUT2D eigenvalue weighted by atomic mass is 10.1. The van der Waals surface area contributed by atoms with Crippen molar-refractivity contribution in [3.8, 4) is 0 Å². The third-order valence-electron chi connectivity index (χ3n) is 4.76. The molecule has 0 fully saturated rings. The Morgan fingerprint density at radius 3 is 2.59 bits per heavy atom. The number of para-hydroxylation sites is 1. The highest BCUT2D eigenvalue weighted by atomic mass is 35.5. The first kappa shape index (κ1) is 18.5. The Bertz CT molecular complexity index is 1020. The van der Waals surface area contributed by atoms with E-state index in [4.69, 9.17) is 11.6 Å². The molecule has 0 radical (unpaired) electrons. The fourth-order valence-electron chi connectivity index (χ4n) is 3.42. The highest BCUT2D eigenvalue weighted by Gasteiger charge is 2.29. The van der Waals surface area contributed by atoms with Gasteiger partial charge in [-0.3, -0.25) is 0 Å². The standard InChI is InChI=1S/C20H19ClN2O2S2/c21-16-7-9-17(10-8-16)27(24,25)22-14-19(20-6-3-13-26-20)23-12-11-15-4-1-2-5-18(15)23/h1-10,13,19,22H,11-12,14H2. The summed E-state index contributed by atoms with van der Waals surface area (Å²) in [4.78, 5) is 3.66. The summed E-state index contributed by atoms with van der Waals surface area (Å²) >= 11 is 7.52. The normalized spacial score (nSPS) is 14.9. The summed E-state index contributed by atoms with van der Waals surface area (Å²) in [7, 11) is -3.60. The minimum absolute atomic E-state index is 0.0456. The smallest absolute Gasteiger partial charge is 0.240 e. The van der Waals surface area contributed by atoms with E-state index in [0.29, 0.717) is 11.6 Å². The third-order valence-corrected chi connectivity index (χ3v) is 7.43. The zero-order valence-electron chi connectivity index (χ0n) is 14.5. The van der Waals surface area contributed by atoms with Crippen molar-refractivity contribution in [1.29, 1.82) is 0 Å². The van der Waals surface area contributed by atoms with E-state index in [-0.39, 0.29) is 10.9 Å². The number of nitrogens with one attached hydrogen (secondary N) is 1. The largest absolute Gasteiger partial charge is 0.362 e. The topological polar surface area (TPSA) is 49.4 Å². The molecular weight excluding hydrogens is 400 g/mol. The van der Waals surface area contributed by atoms with E-state index >= 15 is 0 Å². The Labute approximate surface area is 168 Å². The number of hydrogen-bond donors (Lipinski definition) is 1. The second kappa shape index (κ2) is 7.64. The lowest BCUT2D eigenvalue weighted by molar-refractivity contribution is 0.565. The van der Waals surface area contributed by atoms with Crippen LogP contribution in [0.1, 0.15) is 16.5 Å². The van der Waals surface area contributed by atoms with Crippen LogP contribution in [0.3, 0.4) is 0 Å². The zero-order valence-corrected chi connectivity index (χ0v) is 16.9. The van der Waals surface area contributed by atoms with Gasteiger partial charge < -0.3 is 4.90 Å². The van der Waals surface area contributed by atoms with Gasteiger partial charge >= 0.3 is 0 Å². The van der Waals surface area contributed by atoms with Gasteiger partial charge in [0.25, 0.3) is 0 Å². The van der Waals surface area contributed by atoms with Crippen molar-refractivity contribution < 1.29 is 8.42 Å². The van der Waals surface area contributed by atoms with E-state index < -0.39 is 10.0 Å². The summed E-state index contributed by atoms with van der Waals surface area (Å²) in [5.41, 5.74) is 2.49. The van der Waals surface area contributed by atoms with Crippen LogP contribution in [-0.2, 0) is 16.4 Å². The van der Waals surface area contributed by atoms with Crippen molar-refractivity contribution in [2.24, 2.45) is 0 Å². The van der Waals surface area contributed by atoms with Gasteiger partial charge in [0, 0.05) is 28.7 Å². The second-order valence-electron chi connectivity index (χ2n) is 6.41. The zero-order chi connectivity index (χ0) is 18.9. The van der Waals surface area contributed by atoms with Gasteiger partial charge in [-0.2, -0.15) is 0 Å². The Morgan fingerprint density at radius 1 is 1.07 bits per heavy atom. The molecule has 3 aromatic rings. The van der Waals surface area contributed by atoms with Crippen LogP contribution in [0.15, 0.2) is 70.9 Å². The van der Waals surface area contributed by atoms with E-state index in [1.54, 1.807) is 23.5 Å². The van der Waals surface area contributed by atoms with Crippen molar-refractivity contribution in [1.82, 2.24) is 4.72 Å². The lowest BCUT2D eigenvalue weighted by Gasteiger charge is -2.30. The van der Waals surface area contributed by atoms with Gasteiger partial charge in [0.15, 0.2) is 0 Å². The number of fused-ring (bicyclic) bond motifs is 1. The van der Waals surface area contributed by atoms with Crippen LogP contribution in [0.25, 0.3) is 0 Å². The summed E-state index contributed by atoms with van der Waals surface area (Å²) in [6.07, 6.45) is 0.974. The first-order valence-corrected chi connectivity index (χ1v) is 11.4. The van der Waals surface area contributed by atoms with Gasteiger partial charge in [0.1, 0.15) is 0 Å². The molecule has 1 unspecified atom stereocenters. The quantitative estimate of drug-likeness (QED) is 0.641. The van der Waals surface area contributed by atoms with Gasteiger partial charge in [0.2, 0.25) is 10.0 Å². The number of halogens is 1. The SMILES string of the molecule is O=S(=O)(NCC(c1cccs1)N1CCc2ccccc21)c1ccc(Cl)cc1. The molecule has 4 rings (SSSR count). The van der Waals surface area contributed by atoms with Crippen LogP contribution in [0.4, 0.5) is 5.69 Å². The Hall–Kier alpha value is -1.86. The van der Waals surface area contributed by atoms with Crippen LogP contribution >= 0.6 is 22.9 Å². The maximum Gasteiger partial charge on any atom is 0.240 e. The fraction of sp³-hybridized carbons (Fsp3) is 0.200. The number of hydrogen-bond acceptors (Lipinski definition) is 4. The number of rotatable bonds is 6. The van der Waals surface area contributed by atoms with Crippen molar-refractivity contribution in [2.45, 2.75) is 17.4 Å². The Kier molecular flexibility index (Phi) is 5.23. The summed E-state index contributed by atoms with van der Waals surface area (Å²) in [6.45, 7) is 1.18. The van der Waals surface area contributed by atoms with Crippen LogP contribution in [0.5, 0.6) is 0 Å². The van der Waals surface area contributed by atoms with Crippen LogP contribution < -0.4 is 9.62 Å². The number of benzene rings is 2. The fourth-order valence-corrected chi connectivity index (χ4v) is 5.42. The first-order valence-electron chi connectivity index (χ1n) is 8.68. The summed E-state index contributed by atoms with van der Waals surface area (Å²) in [5, 5.41) is 2.54. The van der Waals surface area contributed by atoms with E-state index in [2.05, 4.69) is 27.8 Å². The second-order valence-corrected chi connectivity index (χ2v) is 9.59. The maximum absolute atomic E-state index is 12.7. The predicted octanol–water partition coefficient (Wildman–Crippen LogP) is 4.48. The van der Waals surface area contributed by atoms with Gasteiger partial charge in [-0.1, -0.05) is 35.9 Å². The van der Waals surface area contributed by atoms with Crippen LogP contribution in [0.2, 0.25) is 5.02 Å². The van der Waals surface area contributed by atoms with Gasteiger partial charge in [-0.05, 0) is 53.8 Å². The average molecular weight is 419 g/mol. The molecule has 1 atom stereocenters. The molecule has 2 heterocycles. The summed E-state index contributed by atoms with van der Waals surface area (Å²) in [6, 6.07) is 18.6. The number of nitrogens with zero attached hydrogens (tertiary/aromatic N) is 1. The first-order chi connectivity index (χ1) is 13.0. The number of anilines is 1. The molecule has 27 heavy (non-hydrogen) atoms. The molecule has 140 valence electrons. The van der Waals surface area contributed by atoms with Crippen molar-refractivity contribution in [2.75, 3.05) is 18.0 Å². The van der Waals surface area contributed by atoms with Gasteiger partial charge in [-0.25, -0.2) is 13.1 Å². The molecule has 1 aliphatic heterocycles. The van der Waals surface area contributed by atoms with Crippen molar-refractivity contribution in [3.63, 3.8) is 0 Å². The minimum Gasteiger partial charge on any atom is -0.362 e. The van der Waals surface area contributed by atoms with Gasteiger partial charge in [0.05, 0.1) is 10.9 Å². The molecule has 0 bridgehead atoms. The molecule has 0 spiro atoms. The highest BCUT2D eigenvalue weighted by Crippen LogP contribution is 2.36. The Balaban J connectivity index is 1.59. The van der Waals surface area contributed by atoms with E-state index in [0.717, 1.165) is 17.8 Å². The molecule has 1 N–H and O–H groups in total. The maximum atomic E-state index is 12.7. The minimum atomic E-state index is -3.60. The average Bonchev–Trinajstić information content (AvgIpc) is 3.33. The molecule has 4 nitrogen and oxygen atoms in total. The Morgan fingerprint density at radius 2 is 1.85 bits per heavy atom. The third kappa shape index (κ3) is 3.89. The highest BCUT2D eigenvalue weighted by molar-refractivity contribution is 7.89. The molecule has 2 aromatic carbocycles. The monoisotopic (exact) mass is 418 g/mol. The van der Waals surface area contributed by atoms with Gasteiger partial charge in [-0.15, -0.1) is 11.3 Å². The molecule has 0 amide bonds. The van der Waals surface area contributed by atoms with E-state index in [1.807, 2.05) is 23.6 Å². The van der Waals surface area contributed by atoms with Crippen molar-refractivity contribution >= 4 is 38.6 Å². The van der Waals surface area contributed by atoms with Crippen molar-refractivity contribution in [3.05, 3.63) is 81.5 Å². The molecule has 0 saturated heterocycles. The molecule has 7 heteroatoms. The molecular formula is C20H19ClN2O2S2. The van der Waals surface area contributed by atoms with Crippen LogP contribution in [0, 0.1) is 0 Å². The van der Waals surface area contributed by atoms with E-state index in [1.165, 1.54) is 23.4 Å². The predicted molar refractivity (Wildman–Crippen MR) is 111 cm³/mol. The molecule has 1 aromatic heterocycles. The van der Waals surface area contributed by atoms with E-state index in [9.17, 15) is 8.42 Å². The molecule has 0 saturated carbocycles. The van der Waals surface area contributed by atoms with Crippen LogP contribution in [-0.4, -0.2) is 21.5 Å². The number of thiophene rings is 1. The molecule has 1 aliphatic rings. The number of sulfonamides is 1. The summed E-state index contributed by atoms with van der Waals surface area (Å²) in [5.74, 6) is 0. The summed E-state index contributed by atoms with van der Waals surface area (Å²) < 4.78 is 28.2. The molecule has 0 aliphatic carbocycles. The lowest BCUT2D eigenvalue weighted by Crippen LogP contribution is -2.37.